The van der Waals surface area contributed by atoms with Crippen LogP contribution in [0.25, 0.3) is 11.1 Å². The minimum atomic E-state index is -0.241. The molecule has 0 saturated heterocycles. The fraction of sp³-hybridized carbons (Fsp3) is 0.300. The smallest absolute Gasteiger partial charge is 0.219 e. The number of hydrogen-bond acceptors (Lipinski definition) is 1. The molecule has 0 radical (unpaired) electrons. The van der Waals surface area contributed by atoms with Crippen molar-refractivity contribution in [2.45, 2.75) is 13.8 Å². The van der Waals surface area contributed by atoms with Gasteiger partial charge in [-0.3, -0.25) is 4.79 Å². The van der Waals surface area contributed by atoms with Gasteiger partial charge in [-0.25, -0.2) is 0 Å². The largest absolute Gasteiger partial charge is 0.369 e. The van der Waals surface area contributed by atoms with Gasteiger partial charge >= 0.3 is 0 Å². The molecule has 0 aromatic rings. The Morgan fingerprint density at radius 1 is 1.33 bits per heavy atom. The highest BCUT2D eigenvalue weighted by Gasteiger charge is 2.06. The van der Waals surface area contributed by atoms with Crippen LogP contribution in [-0.2, 0) is 4.79 Å². The zero-order valence-corrected chi connectivity index (χ0v) is 7.37. The average Bonchev–Trinajstić information content (AvgIpc) is 2.60. The zero-order chi connectivity index (χ0) is 9.14. The van der Waals surface area contributed by atoms with Gasteiger partial charge in [-0.15, -0.1) is 0 Å². The van der Waals surface area contributed by atoms with Crippen molar-refractivity contribution in [2.75, 3.05) is 0 Å². The van der Waals surface area contributed by atoms with Crippen molar-refractivity contribution in [1.82, 2.24) is 0 Å². The summed E-state index contributed by atoms with van der Waals surface area (Å²) in [6.07, 6.45) is 0. The van der Waals surface area contributed by atoms with Gasteiger partial charge in [0.15, 0.2) is 0 Å². The van der Waals surface area contributed by atoms with E-state index in [-0.39, 0.29) is 11.8 Å². The van der Waals surface area contributed by atoms with Crippen molar-refractivity contribution in [1.29, 1.82) is 0 Å². The lowest BCUT2D eigenvalue weighted by molar-refractivity contribution is -0.120. The first-order valence-corrected chi connectivity index (χ1v) is 4.01. The number of carbonyl (C=O) groups excluding carboxylic acids is 1. The molecule has 2 nitrogen and oxygen atoms in total. The number of benzene rings is 1. The second-order valence-corrected chi connectivity index (χ2v) is 3.14. The van der Waals surface area contributed by atoms with Crippen LogP contribution < -0.4 is 5.73 Å². The van der Waals surface area contributed by atoms with Crippen LogP contribution in [0.3, 0.4) is 0 Å². The third-order valence-corrected chi connectivity index (χ3v) is 1.68. The summed E-state index contributed by atoms with van der Waals surface area (Å²) >= 11 is 0. The van der Waals surface area contributed by atoms with Crippen LogP contribution in [0, 0.1) is 5.92 Å². The van der Waals surface area contributed by atoms with Crippen LogP contribution in [0.15, 0.2) is 24.3 Å². The Bertz CT molecular complexity index is 274. The molecule has 0 aromatic carbocycles. The fourth-order valence-electron chi connectivity index (χ4n) is 0.676. The maximum absolute atomic E-state index is 9.92. The molecule has 1 amide bonds. The molecule has 0 heterocycles. The Balaban J connectivity index is 0.000000120. The molecule has 0 unspecified atom stereocenters. The van der Waals surface area contributed by atoms with Crippen molar-refractivity contribution in [3.8, 4) is 11.1 Å². The first-order chi connectivity index (χ1) is 5.61. The van der Waals surface area contributed by atoms with E-state index in [1.807, 2.05) is 0 Å². The molecule has 12 heavy (non-hydrogen) atoms. The number of hydrogen-bond donors (Lipinski definition) is 1. The van der Waals surface area contributed by atoms with Gasteiger partial charge in [0.2, 0.25) is 5.91 Å². The van der Waals surface area contributed by atoms with E-state index in [1.54, 1.807) is 13.8 Å². The molecule has 0 spiro atoms. The van der Waals surface area contributed by atoms with E-state index >= 15 is 0 Å². The van der Waals surface area contributed by atoms with Crippen LogP contribution >= 0.6 is 0 Å². The van der Waals surface area contributed by atoms with Crippen molar-refractivity contribution in [3.05, 3.63) is 24.3 Å². The Morgan fingerprint density at radius 3 is 1.83 bits per heavy atom. The molecule has 0 aliphatic heterocycles. The molecule has 2 aliphatic carbocycles. The van der Waals surface area contributed by atoms with Gasteiger partial charge in [-0.05, 0) is 17.2 Å². The average molecular weight is 163 g/mol. The summed E-state index contributed by atoms with van der Waals surface area (Å²) in [6, 6.07) is 8.48. The molecule has 2 rings (SSSR count). The zero-order valence-electron chi connectivity index (χ0n) is 7.37. The third-order valence-electron chi connectivity index (χ3n) is 1.68. The van der Waals surface area contributed by atoms with Crippen molar-refractivity contribution < 1.29 is 4.79 Å². The van der Waals surface area contributed by atoms with Gasteiger partial charge in [-0.1, -0.05) is 32.0 Å². The number of rotatable bonds is 1. The van der Waals surface area contributed by atoms with Gasteiger partial charge in [0.05, 0.1) is 0 Å². The SMILES string of the molecule is CC(C)C(N)=O.c1cc2cc-2c1. The van der Waals surface area contributed by atoms with Crippen LogP contribution in [0.2, 0.25) is 0 Å². The predicted octanol–water partition coefficient (Wildman–Crippen LogP) is 1.79. The van der Waals surface area contributed by atoms with E-state index in [0.717, 1.165) is 0 Å². The van der Waals surface area contributed by atoms with Gasteiger partial charge in [0.25, 0.3) is 0 Å². The van der Waals surface area contributed by atoms with Gasteiger partial charge in [-0.2, -0.15) is 0 Å². The van der Waals surface area contributed by atoms with Crippen LogP contribution in [0.4, 0.5) is 0 Å². The van der Waals surface area contributed by atoms with Crippen LogP contribution in [0.1, 0.15) is 13.8 Å². The Labute approximate surface area is 72.4 Å². The predicted molar refractivity (Wildman–Crippen MR) is 49.5 cm³/mol. The van der Waals surface area contributed by atoms with Crippen molar-refractivity contribution >= 4 is 5.91 Å². The summed E-state index contributed by atoms with van der Waals surface area (Å²) in [5.74, 6) is -0.250. The molecule has 64 valence electrons. The summed E-state index contributed by atoms with van der Waals surface area (Å²) in [6.45, 7) is 3.53. The number of fused-ring (bicyclic) bond motifs is 1. The maximum Gasteiger partial charge on any atom is 0.219 e. The van der Waals surface area contributed by atoms with E-state index in [1.165, 1.54) is 11.1 Å². The van der Waals surface area contributed by atoms with E-state index in [9.17, 15) is 4.79 Å². The minimum Gasteiger partial charge on any atom is -0.369 e. The first kappa shape index (κ1) is 8.78. The highest BCUT2D eigenvalue weighted by Crippen LogP contribution is 2.32. The molecule has 2 N–H and O–H groups in total. The Kier molecular flexibility index (Phi) is 2.48. The lowest BCUT2D eigenvalue weighted by atomic mass is 10.2. The van der Waals surface area contributed by atoms with Crippen molar-refractivity contribution in [3.63, 3.8) is 0 Å². The summed E-state index contributed by atoms with van der Waals surface area (Å²) in [7, 11) is 0. The molecule has 0 fully saturated rings. The maximum atomic E-state index is 9.92. The summed E-state index contributed by atoms with van der Waals surface area (Å²) < 4.78 is 0. The number of primary amides is 1. The molecule has 0 aromatic heterocycles. The lowest BCUT2D eigenvalue weighted by Gasteiger charge is -1.90. The van der Waals surface area contributed by atoms with E-state index < -0.39 is 0 Å². The highest BCUT2D eigenvalue weighted by molar-refractivity contribution is 5.80. The minimum absolute atomic E-state index is 0.00926. The first-order valence-electron chi connectivity index (χ1n) is 4.01. The topological polar surface area (TPSA) is 43.1 Å². The van der Waals surface area contributed by atoms with E-state index in [0.29, 0.717) is 0 Å². The molecule has 0 atom stereocenters. The van der Waals surface area contributed by atoms with Crippen molar-refractivity contribution in [2.24, 2.45) is 11.7 Å². The Morgan fingerprint density at radius 2 is 1.75 bits per heavy atom. The van der Waals surface area contributed by atoms with Gasteiger partial charge < -0.3 is 5.73 Å². The summed E-state index contributed by atoms with van der Waals surface area (Å²) in [5.41, 5.74) is 7.65. The third kappa shape index (κ3) is 2.38. The fourth-order valence-corrected chi connectivity index (χ4v) is 0.676. The molecular formula is C10H13NO. The van der Waals surface area contributed by atoms with Gasteiger partial charge in [0.1, 0.15) is 0 Å². The number of carbonyl (C=O) groups is 1. The molecule has 0 bridgehead atoms. The monoisotopic (exact) mass is 163 g/mol. The molecule has 2 heteroatoms. The van der Waals surface area contributed by atoms with E-state index in [2.05, 4.69) is 24.3 Å². The lowest BCUT2D eigenvalue weighted by Crippen LogP contribution is -2.17. The number of amides is 1. The molecular weight excluding hydrogens is 150 g/mol. The van der Waals surface area contributed by atoms with E-state index in [4.69, 9.17) is 5.73 Å². The summed E-state index contributed by atoms with van der Waals surface area (Å²) in [5, 5.41) is 0. The van der Waals surface area contributed by atoms with Crippen LogP contribution in [-0.4, -0.2) is 5.91 Å². The normalized spacial score (nSPS) is 10.2. The summed E-state index contributed by atoms with van der Waals surface area (Å²) in [4.78, 5) is 9.92. The molecule has 0 saturated carbocycles. The van der Waals surface area contributed by atoms with Gasteiger partial charge in [0, 0.05) is 5.92 Å². The number of nitrogens with two attached hydrogens (primary N) is 1. The second-order valence-electron chi connectivity index (χ2n) is 3.14. The van der Waals surface area contributed by atoms with Crippen LogP contribution in [0.5, 0.6) is 0 Å². The Hall–Kier alpha value is -1.31. The second kappa shape index (κ2) is 3.39. The quantitative estimate of drug-likeness (QED) is 0.684. The molecule has 2 aliphatic rings. The highest BCUT2D eigenvalue weighted by atomic mass is 16.1. The standard InChI is InChI=1S/C6H4.C4H9NO/c1-2-5-4-6(5)3-1;1-3(2)4(5)6/h1-4H;3H,1-2H3,(H2,5,6).